The molecule has 0 unspecified atom stereocenters. The summed E-state index contributed by atoms with van der Waals surface area (Å²) in [5, 5.41) is 0. The molecule has 0 atom stereocenters. The first-order valence-corrected chi connectivity index (χ1v) is 8.66. The minimum atomic E-state index is 0.413. The van der Waals surface area contributed by atoms with Gasteiger partial charge in [0.2, 0.25) is 0 Å². The number of carbonyl (C=O) groups excluding carboxylic acids is 1. The monoisotopic (exact) mass is 309 g/mol. The molecule has 1 aliphatic carbocycles. The zero-order chi connectivity index (χ0) is 16.3. The Morgan fingerprint density at radius 3 is 2.61 bits per heavy atom. The van der Waals surface area contributed by atoms with Crippen LogP contribution in [0.5, 0.6) is 0 Å². The fourth-order valence-electron chi connectivity index (χ4n) is 3.04. The first-order valence-electron chi connectivity index (χ1n) is 8.66. The van der Waals surface area contributed by atoms with Crippen molar-refractivity contribution in [3.8, 4) is 0 Å². The third-order valence-electron chi connectivity index (χ3n) is 4.37. The highest BCUT2D eigenvalue weighted by molar-refractivity contribution is 6.06. The van der Waals surface area contributed by atoms with Crippen LogP contribution in [0.15, 0.2) is 53.6 Å². The first-order chi connectivity index (χ1) is 11.3. The molecule has 1 aliphatic rings. The highest BCUT2D eigenvalue weighted by Crippen LogP contribution is 2.28. The Balaban J connectivity index is 1.72. The van der Waals surface area contributed by atoms with Crippen molar-refractivity contribution in [3.05, 3.63) is 54.1 Å². The smallest absolute Gasteiger partial charge is 0.133 e. The van der Waals surface area contributed by atoms with Crippen LogP contribution in [0.4, 0.5) is 0 Å². The van der Waals surface area contributed by atoms with Gasteiger partial charge in [0, 0.05) is 19.9 Å². The summed E-state index contributed by atoms with van der Waals surface area (Å²) in [6, 6.07) is 10.2. The van der Waals surface area contributed by atoms with Gasteiger partial charge in [0.1, 0.15) is 5.78 Å². The number of hydrogen-bond acceptors (Lipinski definition) is 2. The number of ketones is 1. The maximum atomic E-state index is 11.9. The van der Waals surface area contributed by atoms with Crippen LogP contribution in [0.2, 0.25) is 0 Å². The summed E-state index contributed by atoms with van der Waals surface area (Å²) in [6.07, 6.45) is 15.5. The van der Waals surface area contributed by atoms with Gasteiger partial charge in [-0.3, -0.25) is 9.79 Å². The fraction of sp³-hybridized carbons (Fsp3) is 0.429. The van der Waals surface area contributed by atoms with Gasteiger partial charge in [-0.2, -0.15) is 0 Å². The molecular formula is C21H27NO. The maximum absolute atomic E-state index is 11.9. The molecule has 0 aromatic heterocycles. The van der Waals surface area contributed by atoms with Crippen molar-refractivity contribution in [2.24, 2.45) is 10.9 Å². The van der Waals surface area contributed by atoms with Crippen molar-refractivity contribution >= 4 is 17.6 Å². The zero-order valence-corrected chi connectivity index (χ0v) is 14.1. The van der Waals surface area contributed by atoms with E-state index in [0.717, 1.165) is 24.1 Å². The van der Waals surface area contributed by atoms with Gasteiger partial charge in [0.05, 0.1) is 5.71 Å². The molecule has 1 fully saturated rings. The van der Waals surface area contributed by atoms with Gasteiger partial charge in [-0.15, -0.1) is 0 Å². The summed E-state index contributed by atoms with van der Waals surface area (Å²) < 4.78 is 0. The third-order valence-corrected chi connectivity index (χ3v) is 4.37. The van der Waals surface area contributed by atoms with Crippen LogP contribution >= 0.6 is 0 Å². The molecule has 122 valence electrons. The summed E-state index contributed by atoms with van der Waals surface area (Å²) in [4.78, 5) is 16.2. The zero-order valence-electron chi connectivity index (χ0n) is 14.1. The molecular weight excluding hydrogens is 282 g/mol. The summed E-state index contributed by atoms with van der Waals surface area (Å²) >= 11 is 0. The highest BCUT2D eigenvalue weighted by atomic mass is 16.1. The molecule has 0 saturated heterocycles. The summed E-state index contributed by atoms with van der Waals surface area (Å²) in [5.41, 5.74) is 2.09. The molecule has 2 heteroatoms. The van der Waals surface area contributed by atoms with Crippen molar-refractivity contribution in [2.45, 2.75) is 44.9 Å². The lowest BCUT2D eigenvalue weighted by molar-refractivity contribution is -0.119. The SMILES string of the molecule is CN=C(/C=C\CCC(=O)CC1CCCC1)/C=C/c1ccccc1. The van der Waals surface area contributed by atoms with E-state index in [-0.39, 0.29) is 0 Å². The number of carbonyl (C=O) groups is 1. The fourth-order valence-corrected chi connectivity index (χ4v) is 3.04. The molecule has 1 aromatic carbocycles. The number of aliphatic imine (C=N–C) groups is 1. The molecule has 0 bridgehead atoms. The quantitative estimate of drug-likeness (QED) is 0.602. The van der Waals surface area contributed by atoms with Gasteiger partial charge in [-0.25, -0.2) is 0 Å². The Kier molecular flexibility index (Phi) is 7.51. The number of benzene rings is 1. The topological polar surface area (TPSA) is 29.4 Å². The van der Waals surface area contributed by atoms with Crippen molar-refractivity contribution in [1.29, 1.82) is 0 Å². The van der Waals surface area contributed by atoms with Crippen LogP contribution in [0, 0.1) is 5.92 Å². The lowest BCUT2D eigenvalue weighted by Crippen LogP contribution is -2.04. The van der Waals surface area contributed by atoms with E-state index in [9.17, 15) is 4.79 Å². The molecule has 0 spiro atoms. The molecule has 1 aromatic rings. The van der Waals surface area contributed by atoms with Crippen molar-refractivity contribution < 1.29 is 4.79 Å². The van der Waals surface area contributed by atoms with Crippen LogP contribution < -0.4 is 0 Å². The molecule has 0 amide bonds. The van der Waals surface area contributed by atoms with Gasteiger partial charge in [-0.05, 0) is 30.1 Å². The van der Waals surface area contributed by atoms with Crippen LogP contribution in [-0.4, -0.2) is 18.5 Å². The highest BCUT2D eigenvalue weighted by Gasteiger charge is 2.17. The Morgan fingerprint density at radius 1 is 1.17 bits per heavy atom. The number of rotatable bonds is 8. The van der Waals surface area contributed by atoms with E-state index in [1.807, 2.05) is 30.4 Å². The van der Waals surface area contributed by atoms with Crippen LogP contribution in [0.25, 0.3) is 6.08 Å². The lowest BCUT2D eigenvalue weighted by atomic mass is 9.99. The van der Waals surface area contributed by atoms with Gasteiger partial charge in [-0.1, -0.05) is 68.2 Å². The Hall–Kier alpha value is -1.96. The van der Waals surface area contributed by atoms with Crippen molar-refractivity contribution in [1.82, 2.24) is 0 Å². The molecule has 0 heterocycles. The van der Waals surface area contributed by atoms with Crippen molar-refractivity contribution in [3.63, 3.8) is 0 Å². The van der Waals surface area contributed by atoms with E-state index in [1.165, 1.54) is 25.7 Å². The maximum Gasteiger partial charge on any atom is 0.133 e. The third kappa shape index (κ3) is 6.77. The molecule has 23 heavy (non-hydrogen) atoms. The van der Waals surface area contributed by atoms with Crippen LogP contribution in [0.1, 0.15) is 50.5 Å². The normalized spacial score (nSPS) is 16.7. The van der Waals surface area contributed by atoms with E-state index < -0.39 is 0 Å². The summed E-state index contributed by atoms with van der Waals surface area (Å²) in [6.45, 7) is 0. The van der Waals surface area contributed by atoms with Gasteiger partial charge in [0.15, 0.2) is 0 Å². The van der Waals surface area contributed by atoms with E-state index in [2.05, 4.69) is 29.3 Å². The Labute approximate surface area is 140 Å². The van der Waals surface area contributed by atoms with Crippen LogP contribution in [-0.2, 0) is 4.79 Å². The Morgan fingerprint density at radius 2 is 1.91 bits per heavy atom. The van der Waals surface area contributed by atoms with E-state index in [4.69, 9.17) is 0 Å². The second-order valence-electron chi connectivity index (χ2n) is 6.23. The Bertz CT molecular complexity index is 563. The lowest BCUT2D eigenvalue weighted by Gasteiger charge is -2.06. The number of hydrogen-bond donors (Lipinski definition) is 0. The number of allylic oxidation sites excluding steroid dienone is 3. The minimum Gasteiger partial charge on any atom is -0.300 e. The van der Waals surface area contributed by atoms with Crippen LogP contribution in [0.3, 0.4) is 0 Å². The molecule has 2 nitrogen and oxygen atoms in total. The largest absolute Gasteiger partial charge is 0.300 e. The van der Waals surface area contributed by atoms with E-state index >= 15 is 0 Å². The van der Waals surface area contributed by atoms with Gasteiger partial charge < -0.3 is 0 Å². The molecule has 0 radical (unpaired) electrons. The van der Waals surface area contributed by atoms with Gasteiger partial charge >= 0.3 is 0 Å². The second kappa shape index (κ2) is 9.94. The minimum absolute atomic E-state index is 0.413. The predicted octanol–water partition coefficient (Wildman–Crippen LogP) is 5.26. The first kappa shape index (κ1) is 17.4. The van der Waals surface area contributed by atoms with Crippen molar-refractivity contribution in [2.75, 3.05) is 7.05 Å². The number of Topliss-reactive ketones (excluding diaryl/α,β-unsaturated/α-hetero) is 1. The van der Waals surface area contributed by atoms with Gasteiger partial charge in [0.25, 0.3) is 0 Å². The van der Waals surface area contributed by atoms with E-state index in [1.54, 1.807) is 7.05 Å². The predicted molar refractivity (Wildman–Crippen MR) is 98.8 cm³/mol. The second-order valence-corrected chi connectivity index (χ2v) is 6.23. The number of nitrogens with zero attached hydrogens (tertiary/aromatic N) is 1. The molecule has 2 rings (SSSR count). The molecule has 0 aliphatic heterocycles. The average molecular weight is 309 g/mol. The molecule has 1 saturated carbocycles. The summed E-state index contributed by atoms with van der Waals surface area (Å²) in [5.74, 6) is 1.07. The summed E-state index contributed by atoms with van der Waals surface area (Å²) in [7, 11) is 1.79. The average Bonchev–Trinajstić information content (AvgIpc) is 3.08. The molecule has 0 N–H and O–H groups in total. The standard InChI is InChI=1S/C21H27NO/c1-22-20(16-15-18-9-3-2-4-10-18)13-7-8-14-21(23)17-19-11-5-6-12-19/h2-4,7,9-10,13,15-16,19H,5-6,8,11-12,14,17H2,1H3/b13-7-,16-15+,22-20?. The van der Waals surface area contributed by atoms with E-state index in [0.29, 0.717) is 18.1 Å².